The summed E-state index contributed by atoms with van der Waals surface area (Å²) >= 11 is 0. The van der Waals surface area contributed by atoms with Crippen molar-refractivity contribution >= 4 is 13.3 Å². The zero-order valence-corrected chi connectivity index (χ0v) is 9.38. The van der Waals surface area contributed by atoms with Crippen LogP contribution in [0.3, 0.4) is 0 Å². The maximum atomic E-state index is 5.69. The summed E-state index contributed by atoms with van der Waals surface area (Å²) in [6.45, 7) is 0.556. The summed E-state index contributed by atoms with van der Waals surface area (Å²) in [5.41, 5.74) is 9.97. The molecular formula is C13H14BNO2. The molecule has 0 saturated carbocycles. The van der Waals surface area contributed by atoms with E-state index in [1.165, 1.54) is 5.56 Å². The van der Waals surface area contributed by atoms with Crippen LogP contribution in [-0.2, 0) is 6.54 Å². The first-order chi connectivity index (χ1) is 7.31. The van der Waals surface area contributed by atoms with E-state index >= 15 is 0 Å². The van der Waals surface area contributed by atoms with Crippen LogP contribution in [0.1, 0.15) is 5.56 Å². The summed E-state index contributed by atoms with van der Waals surface area (Å²) in [4.78, 5) is 0. The van der Waals surface area contributed by atoms with Crippen molar-refractivity contribution < 1.29 is 11.0 Å². The van der Waals surface area contributed by atoms with Crippen molar-refractivity contribution in [2.75, 3.05) is 0 Å². The Bertz CT molecular complexity index is 457. The molecule has 2 rings (SSSR count). The molecule has 0 amide bonds. The van der Waals surface area contributed by atoms with Crippen molar-refractivity contribution in [1.82, 2.24) is 0 Å². The SMILES string of the molecule is [B+2]c1ccc(-c2ccccc2CN)cc1.[OH-].[OH-]. The number of nitrogens with two attached hydrogens (primary N) is 1. The molecule has 0 aliphatic carbocycles. The molecule has 0 atom stereocenters. The molecule has 3 nitrogen and oxygen atoms in total. The molecular weight excluding hydrogens is 213 g/mol. The van der Waals surface area contributed by atoms with Gasteiger partial charge in [-0.25, -0.2) is 0 Å². The summed E-state index contributed by atoms with van der Waals surface area (Å²) < 4.78 is 0. The van der Waals surface area contributed by atoms with Gasteiger partial charge in [0.15, 0.2) is 0 Å². The van der Waals surface area contributed by atoms with Gasteiger partial charge in [0.1, 0.15) is 0 Å². The van der Waals surface area contributed by atoms with Crippen molar-refractivity contribution in [1.29, 1.82) is 0 Å². The molecule has 0 spiro atoms. The molecule has 17 heavy (non-hydrogen) atoms. The smallest absolute Gasteiger partial charge is 0.870 e. The fourth-order valence-electron chi connectivity index (χ4n) is 1.64. The van der Waals surface area contributed by atoms with Crippen LogP contribution in [0.4, 0.5) is 0 Å². The number of benzene rings is 2. The van der Waals surface area contributed by atoms with Crippen molar-refractivity contribution in [3.63, 3.8) is 0 Å². The largest absolute Gasteiger partial charge is 0.870 e. The third-order valence-electron chi connectivity index (χ3n) is 2.46. The van der Waals surface area contributed by atoms with Crippen LogP contribution in [0.15, 0.2) is 48.5 Å². The van der Waals surface area contributed by atoms with Gasteiger partial charge in [-0.15, -0.1) is 0 Å². The van der Waals surface area contributed by atoms with Gasteiger partial charge >= 0.3 is 90.8 Å². The third kappa shape index (κ3) is 3.42. The normalized spacial score (nSPS) is 9.12. The third-order valence-corrected chi connectivity index (χ3v) is 2.46. The Morgan fingerprint density at radius 1 is 0.882 bits per heavy atom. The molecule has 86 valence electrons. The minimum Gasteiger partial charge on any atom is -0.870 e. The zero-order chi connectivity index (χ0) is 10.7. The van der Waals surface area contributed by atoms with Gasteiger partial charge in [0, 0.05) is 0 Å². The second-order valence-electron chi connectivity index (χ2n) is 3.48. The van der Waals surface area contributed by atoms with E-state index in [0.717, 1.165) is 16.6 Å². The molecule has 0 heterocycles. The van der Waals surface area contributed by atoms with E-state index in [4.69, 9.17) is 13.6 Å². The van der Waals surface area contributed by atoms with Crippen LogP contribution in [-0.4, -0.2) is 18.8 Å². The Morgan fingerprint density at radius 3 is 2.06 bits per heavy atom. The molecule has 0 bridgehead atoms. The Morgan fingerprint density at radius 2 is 1.47 bits per heavy atom. The molecule has 0 aliphatic rings. The summed E-state index contributed by atoms with van der Waals surface area (Å²) in [6.07, 6.45) is 0. The first kappa shape index (κ1) is 15.4. The Kier molecular flexibility index (Phi) is 6.21. The summed E-state index contributed by atoms with van der Waals surface area (Å²) in [6, 6.07) is 16.0. The predicted octanol–water partition coefficient (Wildman–Crippen LogP) is 1.25. The van der Waals surface area contributed by atoms with Crippen molar-refractivity contribution in [3.05, 3.63) is 54.1 Å². The Hall–Kier alpha value is -1.62. The maximum absolute atomic E-state index is 5.69. The van der Waals surface area contributed by atoms with Gasteiger partial charge in [0.25, 0.3) is 0 Å². The van der Waals surface area contributed by atoms with Crippen LogP contribution >= 0.6 is 0 Å². The zero-order valence-electron chi connectivity index (χ0n) is 9.38. The van der Waals surface area contributed by atoms with Gasteiger partial charge in [0.2, 0.25) is 0 Å². The van der Waals surface area contributed by atoms with Gasteiger partial charge in [-0.2, -0.15) is 0 Å². The quantitative estimate of drug-likeness (QED) is 0.783. The standard InChI is InChI=1S/C13H12BN.2H2O/c14-12-7-5-10(6-8-12)13-4-2-1-3-11(13)9-15;;/h1-8H,9,15H2;2*1H2/q+2;;/p-2. The summed E-state index contributed by atoms with van der Waals surface area (Å²) in [7, 11) is 5.65. The molecule has 0 radical (unpaired) electrons. The van der Waals surface area contributed by atoms with E-state index in [0.29, 0.717) is 6.54 Å². The van der Waals surface area contributed by atoms with Crippen LogP contribution in [0.5, 0.6) is 0 Å². The second kappa shape index (κ2) is 6.86. The molecule has 0 fully saturated rings. The molecule has 0 saturated heterocycles. The molecule has 0 aliphatic heterocycles. The maximum Gasteiger partial charge on any atom is -0.870 e. The number of hydrogen-bond donors (Lipinski definition) is 1. The first-order valence-electron chi connectivity index (χ1n) is 4.95. The van der Waals surface area contributed by atoms with E-state index < -0.39 is 0 Å². The van der Waals surface area contributed by atoms with Crippen LogP contribution < -0.4 is 11.2 Å². The van der Waals surface area contributed by atoms with Crippen molar-refractivity contribution in [2.45, 2.75) is 6.54 Å². The summed E-state index contributed by atoms with van der Waals surface area (Å²) in [5.74, 6) is 0. The number of rotatable bonds is 2. The molecule has 2 aromatic carbocycles. The van der Waals surface area contributed by atoms with Gasteiger partial charge in [-0.3, -0.25) is 0 Å². The molecule has 2 aromatic rings. The minimum atomic E-state index is 0. The monoisotopic (exact) mass is 227 g/mol. The van der Waals surface area contributed by atoms with E-state index in [1.54, 1.807) is 0 Å². The average molecular weight is 227 g/mol. The minimum absolute atomic E-state index is 0. The van der Waals surface area contributed by atoms with Gasteiger partial charge in [0.05, 0.1) is 0 Å². The second-order valence-corrected chi connectivity index (χ2v) is 3.48. The topological polar surface area (TPSA) is 86.0 Å². The van der Waals surface area contributed by atoms with Crippen LogP contribution in [0, 0.1) is 0 Å². The van der Waals surface area contributed by atoms with E-state index in [-0.39, 0.29) is 11.0 Å². The molecule has 4 N–H and O–H groups in total. The first-order valence-corrected chi connectivity index (χ1v) is 4.95. The summed E-state index contributed by atoms with van der Waals surface area (Å²) in [5, 5.41) is 0. The van der Waals surface area contributed by atoms with Crippen molar-refractivity contribution in [2.24, 2.45) is 5.73 Å². The van der Waals surface area contributed by atoms with Gasteiger partial charge in [-0.1, -0.05) is 0 Å². The van der Waals surface area contributed by atoms with E-state index in [1.807, 2.05) is 42.5 Å². The van der Waals surface area contributed by atoms with Gasteiger partial charge < -0.3 is 11.0 Å². The van der Waals surface area contributed by atoms with E-state index in [9.17, 15) is 0 Å². The fourth-order valence-corrected chi connectivity index (χ4v) is 1.64. The average Bonchev–Trinajstić information content (AvgIpc) is 2.30. The van der Waals surface area contributed by atoms with Crippen LogP contribution in [0.2, 0.25) is 0 Å². The molecule has 4 heteroatoms. The van der Waals surface area contributed by atoms with Crippen molar-refractivity contribution in [3.8, 4) is 11.1 Å². The number of hydrogen-bond acceptors (Lipinski definition) is 3. The fraction of sp³-hybridized carbons (Fsp3) is 0.0769. The molecule has 0 aromatic heterocycles. The Balaban J connectivity index is 0.00000128. The van der Waals surface area contributed by atoms with Gasteiger partial charge in [-0.05, 0) is 0 Å². The molecule has 0 unspecified atom stereocenters. The van der Waals surface area contributed by atoms with Crippen LogP contribution in [0.25, 0.3) is 11.1 Å². The van der Waals surface area contributed by atoms with E-state index in [2.05, 4.69) is 6.07 Å². The Labute approximate surface area is 102 Å². The predicted molar refractivity (Wildman–Crippen MR) is 69.0 cm³/mol.